The Morgan fingerprint density at radius 3 is 2.38 bits per heavy atom. The molecular formula is C13H27NO2. The van der Waals surface area contributed by atoms with Crippen LogP contribution in [0, 0.1) is 11.3 Å². The van der Waals surface area contributed by atoms with E-state index in [-0.39, 0.29) is 18.1 Å². The van der Waals surface area contributed by atoms with Crippen LogP contribution < -0.4 is 0 Å². The molecule has 0 saturated heterocycles. The van der Waals surface area contributed by atoms with E-state index in [2.05, 4.69) is 32.6 Å². The van der Waals surface area contributed by atoms with Crippen molar-refractivity contribution in [2.24, 2.45) is 11.3 Å². The van der Waals surface area contributed by atoms with Gasteiger partial charge in [-0.15, -0.1) is 0 Å². The minimum Gasteiger partial charge on any atom is -0.395 e. The van der Waals surface area contributed by atoms with Crippen molar-refractivity contribution < 1.29 is 10.2 Å². The first-order valence-electron chi connectivity index (χ1n) is 6.41. The summed E-state index contributed by atoms with van der Waals surface area (Å²) in [4.78, 5) is 2.26. The van der Waals surface area contributed by atoms with E-state index in [0.29, 0.717) is 18.5 Å². The van der Waals surface area contributed by atoms with Gasteiger partial charge in [-0.2, -0.15) is 0 Å². The number of rotatable bonds is 5. The SMILES string of the molecule is CC(C)N(CCO)CC1CCC(C)(C)C1O. The Morgan fingerprint density at radius 1 is 1.38 bits per heavy atom. The van der Waals surface area contributed by atoms with Gasteiger partial charge in [0.05, 0.1) is 12.7 Å². The lowest BCUT2D eigenvalue weighted by molar-refractivity contribution is 0.0257. The first-order valence-corrected chi connectivity index (χ1v) is 6.41. The maximum absolute atomic E-state index is 10.2. The highest BCUT2D eigenvalue weighted by molar-refractivity contribution is 4.92. The Hall–Kier alpha value is -0.120. The molecule has 3 heteroatoms. The zero-order chi connectivity index (χ0) is 12.3. The molecule has 1 aliphatic carbocycles. The van der Waals surface area contributed by atoms with Crippen LogP contribution in [0.2, 0.25) is 0 Å². The molecule has 1 saturated carbocycles. The third-order valence-electron chi connectivity index (χ3n) is 3.99. The summed E-state index contributed by atoms with van der Waals surface area (Å²) < 4.78 is 0. The Labute approximate surface area is 99.5 Å². The van der Waals surface area contributed by atoms with Crippen LogP contribution in [-0.4, -0.2) is 47.0 Å². The van der Waals surface area contributed by atoms with Crippen LogP contribution in [0.15, 0.2) is 0 Å². The number of hydrogen-bond donors (Lipinski definition) is 2. The third kappa shape index (κ3) is 3.19. The molecule has 0 heterocycles. The van der Waals surface area contributed by atoms with Crippen LogP contribution in [0.5, 0.6) is 0 Å². The molecule has 0 aliphatic heterocycles. The Morgan fingerprint density at radius 2 is 2.00 bits per heavy atom. The molecule has 0 bridgehead atoms. The van der Waals surface area contributed by atoms with Gasteiger partial charge in [0, 0.05) is 19.1 Å². The van der Waals surface area contributed by atoms with Gasteiger partial charge in [-0.3, -0.25) is 4.90 Å². The highest BCUT2D eigenvalue weighted by Crippen LogP contribution is 2.41. The Kier molecular flexibility index (Phi) is 4.77. The summed E-state index contributed by atoms with van der Waals surface area (Å²) in [5.41, 5.74) is 0.0620. The molecule has 0 amide bonds. The van der Waals surface area contributed by atoms with Gasteiger partial charge in [-0.05, 0) is 38.0 Å². The van der Waals surface area contributed by atoms with Crippen LogP contribution in [0.1, 0.15) is 40.5 Å². The molecule has 0 aromatic carbocycles. The van der Waals surface area contributed by atoms with Crippen molar-refractivity contribution in [3.05, 3.63) is 0 Å². The van der Waals surface area contributed by atoms with Gasteiger partial charge in [-0.1, -0.05) is 13.8 Å². The zero-order valence-corrected chi connectivity index (χ0v) is 11.1. The molecule has 2 N–H and O–H groups in total. The number of hydrogen-bond acceptors (Lipinski definition) is 3. The second-order valence-corrected chi connectivity index (χ2v) is 6.04. The average molecular weight is 229 g/mol. The summed E-state index contributed by atoms with van der Waals surface area (Å²) in [5, 5.41) is 19.3. The second-order valence-electron chi connectivity index (χ2n) is 6.04. The fourth-order valence-corrected chi connectivity index (χ4v) is 2.68. The van der Waals surface area contributed by atoms with Gasteiger partial charge in [-0.25, -0.2) is 0 Å². The minimum absolute atomic E-state index is 0.0620. The van der Waals surface area contributed by atoms with Crippen molar-refractivity contribution in [3.8, 4) is 0 Å². The van der Waals surface area contributed by atoms with Gasteiger partial charge >= 0.3 is 0 Å². The quantitative estimate of drug-likeness (QED) is 0.750. The van der Waals surface area contributed by atoms with Gasteiger partial charge in [0.25, 0.3) is 0 Å². The second kappa shape index (κ2) is 5.48. The van der Waals surface area contributed by atoms with Crippen molar-refractivity contribution >= 4 is 0 Å². The summed E-state index contributed by atoms with van der Waals surface area (Å²) in [6.45, 7) is 10.4. The highest BCUT2D eigenvalue weighted by atomic mass is 16.3. The maximum Gasteiger partial charge on any atom is 0.0631 e. The molecule has 0 aromatic heterocycles. The van der Waals surface area contributed by atoms with Crippen LogP contribution in [0.4, 0.5) is 0 Å². The molecule has 2 unspecified atom stereocenters. The Bertz CT molecular complexity index is 216. The molecule has 1 rings (SSSR count). The first-order chi connectivity index (χ1) is 7.38. The van der Waals surface area contributed by atoms with Crippen LogP contribution in [-0.2, 0) is 0 Å². The molecule has 0 radical (unpaired) electrons. The summed E-state index contributed by atoms with van der Waals surface area (Å²) in [6, 6.07) is 0.433. The van der Waals surface area contributed by atoms with E-state index in [4.69, 9.17) is 5.11 Å². The zero-order valence-electron chi connectivity index (χ0n) is 11.1. The van der Waals surface area contributed by atoms with E-state index in [0.717, 1.165) is 19.4 Å². The van der Waals surface area contributed by atoms with E-state index in [9.17, 15) is 5.11 Å². The summed E-state index contributed by atoms with van der Waals surface area (Å²) >= 11 is 0. The Balaban J connectivity index is 2.53. The molecular weight excluding hydrogens is 202 g/mol. The van der Waals surface area contributed by atoms with Gasteiger partial charge in [0.15, 0.2) is 0 Å². The fourth-order valence-electron chi connectivity index (χ4n) is 2.68. The van der Waals surface area contributed by atoms with E-state index < -0.39 is 0 Å². The topological polar surface area (TPSA) is 43.7 Å². The molecule has 1 aliphatic rings. The molecule has 96 valence electrons. The normalized spacial score (nSPS) is 29.2. The van der Waals surface area contributed by atoms with E-state index in [1.54, 1.807) is 0 Å². The van der Waals surface area contributed by atoms with Crippen molar-refractivity contribution in [1.29, 1.82) is 0 Å². The number of aliphatic hydroxyl groups is 2. The molecule has 0 spiro atoms. The minimum atomic E-state index is -0.201. The van der Waals surface area contributed by atoms with Crippen LogP contribution in [0.25, 0.3) is 0 Å². The van der Waals surface area contributed by atoms with E-state index in [1.165, 1.54) is 0 Å². The van der Waals surface area contributed by atoms with Gasteiger partial charge in [0.2, 0.25) is 0 Å². The first kappa shape index (κ1) is 13.9. The highest BCUT2D eigenvalue weighted by Gasteiger charge is 2.41. The smallest absolute Gasteiger partial charge is 0.0631 e. The lowest BCUT2D eigenvalue weighted by Gasteiger charge is -2.32. The largest absolute Gasteiger partial charge is 0.395 e. The summed E-state index contributed by atoms with van der Waals surface area (Å²) in [6.07, 6.45) is 2.00. The molecule has 1 fully saturated rings. The van der Waals surface area contributed by atoms with Crippen molar-refractivity contribution in [3.63, 3.8) is 0 Å². The summed E-state index contributed by atoms with van der Waals surface area (Å²) in [7, 11) is 0. The lowest BCUT2D eigenvalue weighted by Crippen LogP contribution is -2.41. The van der Waals surface area contributed by atoms with Gasteiger partial charge < -0.3 is 10.2 Å². The number of aliphatic hydroxyl groups excluding tert-OH is 2. The standard InChI is InChI=1S/C13H27NO2/c1-10(2)14(7-8-15)9-11-5-6-13(3,4)12(11)16/h10-12,15-16H,5-9H2,1-4H3. The van der Waals surface area contributed by atoms with Crippen LogP contribution >= 0.6 is 0 Å². The van der Waals surface area contributed by atoms with E-state index in [1.807, 2.05) is 0 Å². The number of nitrogens with zero attached hydrogens (tertiary/aromatic N) is 1. The van der Waals surface area contributed by atoms with Gasteiger partial charge in [0.1, 0.15) is 0 Å². The molecule has 16 heavy (non-hydrogen) atoms. The maximum atomic E-state index is 10.2. The fraction of sp³-hybridized carbons (Fsp3) is 1.00. The third-order valence-corrected chi connectivity index (χ3v) is 3.99. The monoisotopic (exact) mass is 229 g/mol. The average Bonchev–Trinajstić information content (AvgIpc) is 2.44. The predicted molar refractivity (Wildman–Crippen MR) is 66.3 cm³/mol. The molecule has 3 nitrogen and oxygen atoms in total. The summed E-state index contributed by atoms with van der Waals surface area (Å²) in [5.74, 6) is 0.365. The lowest BCUT2D eigenvalue weighted by atomic mass is 9.87. The molecule has 0 aromatic rings. The van der Waals surface area contributed by atoms with Crippen LogP contribution in [0.3, 0.4) is 0 Å². The van der Waals surface area contributed by atoms with Crippen molar-refractivity contribution in [2.45, 2.75) is 52.7 Å². The van der Waals surface area contributed by atoms with E-state index >= 15 is 0 Å². The van der Waals surface area contributed by atoms with Crippen molar-refractivity contribution in [1.82, 2.24) is 4.90 Å². The molecule has 2 atom stereocenters. The van der Waals surface area contributed by atoms with Crippen molar-refractivity contribution in [2.75, 3.05) is 19.7 Å². The predicted octanol–water partition coefficient (Wildman–Crippen LogP) is 1.49.